The first-order chi connectivity index (χ1) is 9.34. The van der Waals surface area contributed by atoms with E-state index in [9.17, 15) is 9.59 Å². The number of hydrogen-bond acceptors (Lipinski definition) is 4. The minimum Gasteiger partial charge on any atom is -0.478 e. The summed E-state index contributed by atoms with van der Waals surface area (Å²) in [7, 11) is 3.89. The third kappa shape index (κ3) is 4.18. The van der Waals surface area contributed by atoms with E-state index in [4.69, 9.17) is 5.11 Å². The van der Waals surface area contributed by atoms with Gasteiger partial charge >= 0.3 is 5.97 Å². The van der Waals surface area contributed by atoms with Crippen LogP contribution in [0.4, 0.5) is 0 Å². The predicted octanol–water partition coefficient (Wildman–Crippen LogP) is 1.89. The molecule has 2 N–H and O–H groups in total. The van der Waals surface area contributed by atoms with Crippen LogP contribution >= 0.6 is 11.3 Å². The van der Waals surface area contributed by atoms with Crippen LogP contribution in [0.15, 0.2) is 28.7 Å². The van der Waals surface area contributed by atoms with Crippen molar-refractivity contribution in [3.05, 3.63) is 33.5 Å². The average Bonchev–Trinajstić information content (AvgIpc) is 2.90. The van der Waals surface area contributed by atoms with Crippen molar-refractivity contribution in [1.29, 1.82) is 0 Å². The molecule has 1 heterocycles. The highest BCUT2D eigenvalue weighted by molar-refractivity contribution is 7.10. The number of carboxylic acid groups (broad SMARTS) is 1. The molecular weight excluding hydrogens is 276 g/mol. The summed E-state index contributed by atoms with van der Waals surface area (Å²) < 4.78 is 0. The highest BCUT2D eigenvalue weighted by Crippen LogP contribution is 2.22. The van der Waals surface area contributed by atoms with E-state index in [0.717, 1.165) is 4.88 Å². The lowest BCUT2D eigenvalue weighted by Crippen LogP contribution is -2.35. The molecule has 5 nitrogen and oxygen atoms in total. The summed E-state index contributed by atoms with van der Waals surface area (Å²) in [5.41, 5.74) is 0.307. The fourth-order valence-corrected chi connectivity index (χ4v) is 2.59. The lowest BCUT2D eigenvalue weighted by Gasteiger charge is -2.23. The molecule has 0 spiro atoms. The Balaban J connectivity index is 2.72. The smallest absolute Gasteiger partial charge is 0.331 e. The molecule has 1 aromatic heterocycles. The standard InChI is InChI=1S/C14H20N2O3S/c1-9(10(2)14(18)19)13(17)15-8-11(16(3)4)12-6-5-7-20-12/h5-7,11H,8H2,1-4H3,(H,15,17)(H,18,19). The maximum absolute atomic E-state index is 11.9. The predicted molar refractivity (Wildman–Crippen MR) is 79.8 cm³/mol. The zero-order valence-corrected chi connectivity index (χ0v) is 13.0. The number of aliphatic carboxylic acids is 1. The van der Waals surface area contributed by atoms with E-state index in [1.165, 1.54) is 13.8 Å². The number of rotatable bonds is 6. The number of carboxylic acids is 1. The van der Waals surface area contributed by atoms with Gasteiger partial charge in [0.15, 0.2) is 0 Å². The van der Waals surface area contributed by atoms with Crippen molar-refractivity contribution in [2.75, 3.05) is 20.6 Å². The van der Waals surface area contributed by atoms with Gasteiger partial charge in [-0.1, -0.05) is 6.07 Å². The number of likely N-dealkylation sites (N-methyl/N-ethyl adjacent to an activating group) is 1. The van der Waals surface area contributed by atoms with E-state index in [1.54, 1.807) is 11.3 Å². The third-order valence-electron chi connectivity index (χ3n) is 3.17. The number of nitrogens with zero attached hydrogens (tertiary/aromatic N) is 1. The number of carbonyl (C=O) groups excluding carboxylic acids is 1. The van der Waals surface area contributed by atoms with Crippen molar-refractivity contribution in [3.63, 3.8) is 0 Å². The van der Waals surface area contributed by atoms with Gasteiger partial charge < -0.3 is 15.3 Å². The number of nitrogens with one attached hydrogen (secondary N) is 1. The Morgan fingerprint density at radius 2 is 2.00 bits per heavy atom. The van der Waals surface area contributed by atoms with E-state index >= 15 is 0 Å². The summed E-state index contributed by atoms with van der Waals surface area (Å²) in [6.45, 7) is 3.39. The maximum atomic E-state index is 11.9. The summed E-state index contributed by atoms with van der Waals surface area (Å²) in [6.07, 6.45) is 0. The molecule has 1 amide bonds. The largest absolute Gasteiger partial charge is 0.478 e. The molecule has 0 radical (unpaired) electrons. The number of amides is 1. The van der Waals surface area contributed by atoms with Crippen LogP contribution < -0.4 is 5.32 Å². The zero-order chi connectivity index (χ0) is 15.3. The Morgan fingerprint density at radius 1 is 1.35 bits per heavy atom. The van der Waals surface area contributed by atoms with Crippen LogP contribution in [0.25, 0.3) is 0 Å². The monoisotopic (exact) mass is 296 g/mol. The molecule has 0 saturated carbocycles. The minimum absolute atomic E-state index is 0.0695. The molecular formula is C14H20N2O3S. The van der Waals surface area contributed by atoms with Crippen molar-refractivity contribution >= 4 is 23.2 Å². The van der Waals surface area contributed by atoms with E-state index in [2.05, 4.69) is 5.32 Å². The minimum atomic E-state index is -1.07. The molecule has 20 heavy (non-hydrogen) atoms. The van der Waals surface area contributed by atoms with Crippen molar-refractivity contribution in [1.82, 2.24) is 10.2 Å². The Bertz CT molecular complexity index is 506. The molecule has 0 bridgehead atoms. The van der Waals surface area contributed by atoms with E-state index in [1.807, 2.05) is 36.5 Å². The van der Waals surface area contributed by atoms with Gasteiger partial charge in [-0.25, -0.2) is 4.79 Å². The Morgan fingerprint density at radius 3 is 2.45 bits per heavy atom. The molecule has 1 aromatic rings. The van der Waals surface area contributed by atoms with E-state index in [0.29, 0.717) is 6.54 Å². The SMILES string of the molecule is CC(C(=O)O)=C(C)C(=O)NCC(c1cccs1)N(C)C. The van der Waals surface area contributed by atoms with Gasteiger partial charge in [0.1, 0.15) is 0 Å². The highest BCUT2D eigenvalue weighted by atomic mass is 32.1. The van der Waals surface area contributed by atoms with E-state index < -0.39 is 5.97 Å². The van der Waals surface area contributed by atoms with Gasteiger partial charge in [0.25, 0.3) is 0 Å². The van der Waals surface area contributed by atoms with Crippen LogP contribution in [0.3, 0.4) is 0 Å². The fraction of sp³-hybridized carbons (Fsp3) is 0.429. The van der Waals surface area contributed by atoms with Crippen molar-refractivity contribution < 1.29 is 14.7 Å². The van der Waals surface area contributed by atoms with Crippen LogP contribution in [-0.2, 0) is 9.59 Å². The van der Waals surface area contributed by atoms with Gasteiger partial charge in [-0.05, 0) is 39.4 Å². The molecule has 110 valence electrons. The first kappa shape index (κ1) is 16.4. The van der Waals surface area contributed by atoms with Gasteiger partial charge in [-0.15, -0.1) is 11.3 Å². The summed E-state index contributed by atoms with van der Waals surface area (Å²) >= 11 is 1.63. The molecule has 1 atom stereocenters. The van der Waals surface area contributed by atoms with Crippen LogP contribution in [-0.4, -0.2) is 42.5 Å². The lowest BCUT2D eigenvalue weighted by atomic mass is 10.1. The summed E-state index contributed by atoms with van der Waals surface area (Å²) in [6, 6.07) is 4.07. The van der Waals surface area contributed by atoms with Gasteiger partial charge in [0.05, 0.1) is 6.04 Å². The van der Waals surface area contributed by atoms with Gasteiger partial charge in [-0.2, -0.15) is 0 Å². The van der Waals surface area contributed by atoms with Crippen LogP contribution in [0.5, 0.6) is 0 Å². The molecule has 0 aliphatic carbocycles. The average molecular weight is 296 g/mol. The Hall–Kier alpha value is -1.66. The second kappa shape index (κ2) is 7.21. The summed E-state index contributed by atoms with van der Waals surface area (Å²) in [5, 5.41) is 13.7. The molecule has 0 aromatic carbocycles. The molecule has 6 heteroatoms. The molecule has 0 saturated heterocycles. The summed E-state index contributed by atoms with van der Waals surface area (Å²) in [4.78, 5) is 26.0. The number of hydrogen-bond donors (Lipinski definition) is 2. The molecule has 0 aliphatic heterocycles. The Labute approximate surface area is 122 Å². The second-order valence-electron chi connectivity index (χ2n) is 4.76. The van der Waals surface area contributed by atoms with Crippen molar-refractivity contribution in [2.45, 2.75) is 19.9 Å². The van der Waals surface area contributed by atoms with Gasteiger partial charge in [0, 0.05) is 22.6 Å². The van der Waals surface area contributed by atoms with Crippen molar-refractivity contribution in [2.24, 2.45) is 0 Å². The van der Waals surface area contributed by atoms with Crippen molar-refractivity contribution in [3.8, 4) is 0 Å². The number of carbonyl (C=O) groups is 2. The normalized spacial score (nSPS) is 13.8. The summed E-state index contributed by atoms with van der Waals surface area (Å²) in [5.74, 6) is -1.41. The lowest BCUT2D eigenvalue weighted by molar-refractivity contribution is -0.133. The maximum Gasteiger partial charge on any atom is 0.331 e. The van der Waals surface area contributed by atoms with Crippen LogP contribution in [0.2, 0.25) is 0 Å². The highest BCUT2D eigenvalue weighted by Gasteiger charge is 2.18. The topological polar surface area (TPSA) is 69.6 Å². The molecule has 0 fully saturated rings. The first-order valence-electron chi connectivity index (χ1n) is 6.23. The van der Waals surface area contributed by atoms with E-state index in [-0.39, 0.29) is 23.1 Å². The van der Waals surface area contributed by atoms with Crippen LogP contribution in [0.1, 0.15) is 24.8 Å². The fourth-order valence-electron chi connectivity index (χ4n) is 1.67. The molecule has 1 unspecified atom stereocenters. The van der Waals surface area contributed by atoms with Crippen LogP contribution in [0, 0.1) is 0 Å². The number of thiophene rings is 1. The third-order valence-corrected chi connectivity index (χ3v) is 4.15. The first-order valence-corrected chi connectivity index (χ1v) is 7.11. The zero-order valence-electron chi connectivity index (χ0n) is 12.1. The Kier molecular flexibility index (Phi) is 5.91. The quantitative estimate of drug-likeness (QED) is 0.787. The van der Waals surface area contributed by atoms with Gasteiger partial charge in [0.2, 0.25) is 5.91 Å². The van der Waals surface area contributed by atoms with Gasteiger partial charge in [-0.3, -0.25) is 4.79 Å². The molecule has 0 aliphatic rings. The second-order valence-corrected chi connectivity index (χ2v) is 5.74. The molecule has 1 rings (SSSR count).